The van der Waals surface area contributed by atoms with Crippen LogP contribution in [0, 0.1) is 45.3 Å². The average molecular weight is 270 g/mol. The molecule has 0 amide bonds. The zero-order chi connectivity index (χ0) is 15.4. The first kappa shape index (κ1) is 14.1. The molecule has 0 heterocycles. The fourth-order valence-electron chi connectivity index (χ4n) is 2.46. The second-order valence-corrected chi connectivity index (χ2v) is 4.56. The molecule has 0 atom stereocenters. The highest BCUT2D eigenvalue weighted by molar-refractivity contribution is 5.98. The van der Waals surface area contributed by atoms with Gasteiger partial charge in [-0.05, 0) is 34.3 Å². The van der Waals surface area contributed by atoms with Crippen molar-refractivity contribution in [2.45, 2.75) is 19.8 Å². The molecule has 1 aliphatic rings. The van der Waals surface area contributed by atoms with Crippen molar-refractivity contribution in [3.05, 3.63) is 46.0 Å². The van der Waals surface area contributed by atoms with E-state index in [0.29, 0.717) is 11.1 Å². The lowest BCUT2D eigenvalue weighted by Gasteiger charge is -2.04. The highest BCUT2D eigenvalue weighted by Gasteiger charge is 2.27. The van der Waals surface area contributed by atoms with Crippen LogP contribution in [0.3, 0.4) is 0 Å². The second-order valence-electron chi connectivity index (χ2n) is 4.56. The molecule has 0 radical (unpaired) electrons. The summed E-state index contributed by atoms with van der Waals surface area (Å²) in [6.45, 7) is 2.02. The lowest BCUT2D eigenvalue weighted by molar-refractivity contribution is 1.14. The summed E-state index contributed by atoms with van der Waals surface area (Å²) in [5.74, 6) is 0. The third kappa shape index (κ3) is 2.28. The molecule has 0 saturated carbocycles. The predicted octanol–water partition coefficient (Wildman–Crippen LogP) is 3.25. The van der Waals surface area contributed by atoms with Crippen molar-refractivity contribution in [2.75, 3.05) is 0 Å². The van der Waals surface area contributed by atoms with Crippen molar-refractivity contribution in [1.29, 1.82) is 21.0 Å². The third-order valence-corrected chi connectivity index (χ3v) is 3.55. The molecule has 0 spiro atoms. The van der Waals surface area contributed by atoms with Crippen LogP contribution >= 0.6 is 0 Å². The van der Waals surface area contributed by atoms with Gasteiger partial charge in [0.1, 0.15) is 35.4 Å². The van der Waals surface area contributed by atoms with E-state index in [2.05, 4.69) is 0 Å². The minimum absolute atomic E-state index is 0.0331. The van der Waals surface area contributed by atoms with Crippen molar-refractivity contribution < 1.29 is 0 Å². The van der Waals surface area contributed by atoms with Gasteiger partial charge in [0, 0.05) is 6.42 Å². The summed E-state index contributed by atoms with van der Waals surface area (Å²) in [6, 6.07) is 13.3. The molecule has 4 nitrogen and oxygen atoms in total. The van der Waals surface area contributed by atoms with E-state index in [1.165, 1.54) is 0 Å². The summed E-state index contributed by atoms with van der Waals surface area (Å²) in [7, 11) is 0. The molecular formula is C17H10N4. The molecule has 0 aliphatic heterocycles. The number of allylic oxidation sites excluding steroid dienone is 4. The zero-order valence-corrected chi connectivity index (χ0v) is 11.4. The molecule has 21 heavy (non-hydrogen) atoms. The van der Waals surface area contributed by atoms with E-state index >= 15 is 0 Å². The summed E-state index contributed by atoms with van der Waals surface area (Å²) in [5.41, 5.74) is 3.89. The van der Waals surface area contributed by atoms with Gasteiger partial charge in [0.15, 0.2) is 0 Å². The van der Waals surface area contributed by atoms with E-state index in [0.717, 1.165) is 23.1 Å². The van der Waals surface area contributed by atoms with E-state index in [9.17, 15) is 0 Å². The van der Waals surface area contributed by atoms with Gasteiger partial charge in [0.2, 0.25) is 0 Å². The molecule has 0 fully saturated rings. The smallest absolute Gasteiger partial charge is 0.133 e. The Morgan fingerprint density at radius 3 is 1.90 bits per heavy atom. The van der Waals surface area contributed by atoms with Crippen LogP contribution in [-0.2, 0) is 6.42 Å². The molecule has 98 valence electrons. The fourth-order valence-corrected chi connectivity index (χ4v) is 2.46. The molecule has 0 aromatic heterocycles. The summed E-state index contributed by atoms with van der Waals surface area (Å²) in [5, 5.41) is 36.4. The Kier molecular flexibility index (Phi) is 3.85. The Bertz CT molecular complexity index is 811. The molecule has 4 heteroatoms. The van der Waals surface area contributed by atoms with Crippen LogP contribution in [0.1, 0.15) is 30.0 Å². The van der Waals surface area contributed by atoms with Gasteiger partial charge in [-0.25, -0.2) is 0 Å². The Morgan fingerprint density at radius 1 is 0.905 bits per heavy atom. The fraction of sp³-hybridized carbons (Fsp3) is 0.176. The van der Waals surface area contributed by atoms with Gasteiger partial charge in [-0.2, -0.15) is 21.0 Å². The quantitative estimate of drug-likeness (QED) is 0.731. The molecule has 2 rings (SSSR count). The molecule has 0 saturated heterocycles. The van der Waals surface area contributed by atoms with Crippen molar-refractivity contribution >= 4 is 11.1 Å². The normalized spacial score (nSPS) is 11.7. The SMILES string of the molecule is CCc1ccc2c(c1)C(=C(C#N)C#N)CC2=C(C#N)C#N. The first-order valence-electron chi connectivity index (χ1n) is 6.40. The van der Waals surface area contributed by atoms with Crippen molar-refractivity contribution in [3.63, 3.8) is 0 Å². The van der Waals surface area contributed by atoms with Crippen molar-refractivity contribution in [2.24, 2.45) is 0 Å². The van der Waals surface area contributed by atoms with Gasteiger partial charge in [-0.15, -0.1) is 0 Å². The summed E-state index contributed by atoms with van der Waals surface area (Å²) < 4.78 is 0. The number of hydrogen-bond acceptors (Lipinski definition) is 4. The van der Waals surface area contributed by atoms with Crippen LogP contribution in [0.15, 0.2) is 29.3 Å². The number of benzene rings is 1. The molecular weight excluding hydrogens is 260 g/mol. The first-order chi connectivity index (χ1) is 10.2. The van der Waals surface area contributed by atoms with E-state index in [4.69, 9.17) is 21.0 Å². The maximum absolute atomic E-state index is 9.10. The topological polar surface area (TPSA) is 95.2 Å². The van der Waals surface area contributed by atoms with Crippen LogP contribution in [0.5, 0.6) is 0 Å². The van der Waals surface area contributed by atoms with Gasteiger partial charge < -0.3 is 0 Å². The van der Waals surface area contributed by atoms with E-state index in [-0.39, 0.29) is 17.6 Å². The van der Waals surface area contributed by atoms with Crippen LogP contribution in [0.25, 0.3) is 11.1 Å². The van der Waals surface area contributed by atoms with E-state index in [1.54, 1.807) is 0 Å². The lowest BCUT2D eigenvalue weighted by atomic mass is 9.99. The summed E-state index contributed by atoms with van der Waals surface area (Å²) in [6.07, 6.45) is 1.10. The molecule has 1 aromatic carbocycles. The monoisotopic (exact) mass is 270 g/mol. The number of aryl methyl sites for hydroxylation is 1. The number of nitrogens with zero attached hydrogens (tertiary/aromatic N) is 4. The molecule has 0 N–H and O–H groups in total. The Morgan fingerprint density at radius 2 is 1.43 bits per heavy atom. The van der Waals surface area contributed by atoms with Gasteiger partial charge in [0.05, 0.1) is 0 Å². The second kappa shape index (κ2) is 5.75. The molecule has 0 bridgehead atoms. The Hall–Kier alpha value is -3.34. The highest BCUT2D eigenvalue weighted by atomic mass is 14.4. The van der Waals surface area contributed by atoms with Crippen molar-refractivity contribution in [1.82, 2.24) is 0 Å². The predicted molar refractivity (Wildman–Crippen MR) is 76.7 cm³/mol. The third-order valence-electron chi connectivity index (χ3n) is 3.55. The molecule has 1 aliphatic carbocycles. The van der Waals surface area contributed by atoms with E-state index in [1.807, 2.05) is 49.4 Å². The summed E-state index contributed by atoms with van der Waals surface area (Å²) >= 11 is 0. The van der Waals surface area contributed by atoms with Gasteiger partial charge in [0.25, 0.3) is 0 Å². The van der Waals surface area contributed by atoms with E-state index < -0.39 is 0 Å². The lowest BCUT2D eigenvalue weighted by Crippen LogP contribution is -1.88. The Labute approximate surface area is 123 Å². The molecule has 1 aromatic rings. The standard InChI is InChI=1S/C17H10N4/c1-2-11-3-4-14-15(12(7-18)8-19)6-16(17(14)5-11)13(9-20)10-21/h3-5H,2,6H2,1H3. The van der Waals surface area contributed by atoms with Gasteiger partial charge >= 0.3 is 0 Å². The van der Waals surface area contributed by atoms with Crippen molar-refractivity contribution in [3.8, 4) is 24.3 Å². The minimum atomic E-state index is 0.0331. The maximum Gasteiger partial charge on any atom is 0.133 e. The van der Waals surface area contributed by atoms with Crippen LogP contribution < -0.4 is 0 Å². The number of nitriles is 4. The van der Waals surface area contributed by atoms with Gasteiger partial charge in [-0.1, -0.05) is 25.1 Å². The van der Waals surface area contributed by atoms with Gasteiger partial charge in [-0.3, -0.25) is 0 Å². The Balaban J connectivity index is 2.84. The van der Waals surface area contributed by atoms with Crippen LogP contribution in [0.4, 0.5) is 0 Å². The number of rotatable bonds is 1. The summed E-state index contributed by atoms with van der Waals surface area (Å²) in [4.78, 5) is 0. The zero-order valence-electron chi connectivity index (χ0n) is 11.4. The maximum atomic E-state index is 9.10. The number of fused-ring (bicyclic) bond motifs is 1. The minimum Gasteiger partial charge on any atom is -0.192 e. The number of hydrogen-bond donors (Lipinski definition) is 0. The van der Waals surface area contributed by atoms with Crippen LogP contribution in [0.2, 0.25) is 0 Å². The highest BCUT2D eigenvalue weighted by Crippen LogP contribution is 2.43. The largest absolute Gasteiger partial charge is 0.192 e. The van der Waals surface area contributed by atoms with Crippen LogP contribution in [-0.4, -0.2) is 0 Å². The molecule has 0 unspecified atom stereocenters. The average Bonchev–Trinajstić information content (AvgIpc) is 2.89. The first-order valence-corrected chi connectivity index (χ1v) is 6.40.